The summed E-state index contributed by atoms with van der Waals surface area (Å²) in [5.74, 6) is -3.95. The molecule has 1 fully saturated rings. The van der Waals surface area contributed by atoms with Crippen molar-refractivity contribution in [3.63, 3.8) is 0 Å². The molecule has 1 aromatic carbocycles. The number of hydrogen-bond acceptors (Lipinski definition) is 4. The monoisotopic (exact) mass is 375 g/mol. The van der Waals surface area contributed by atoms with Gasteiger partial charge in [-0.3, -0.25) is 0 Å². The van der Waals surface area contributed by atoms with Gasteiger partial charge in [-0.1, -0.05) is 23.2 Å². The van der Waals surface area contributed by atoms with Crippen LogP contribution in [0.2, 0.25) is 10.0 Å². The van der Waals surface area contributed by atoms with Crippen molar-refractivity contribution in [1.82, 2.24) is 9.97 Å². The fourth-order valence-corrected chi connectivity index (χ4v) is 3.00. The Hall–Kier alpha value is -1.73. The second-order valence-corrected chi connectivity index (χ2v) is 6.47. The Balaban J connectivity index is 2.09. The normalized spacial score (nSPS) is 17.8. The molecule has 1 aliphatic heterocycles. The lowest BCUT2D eigenvalue weighted by Crippen LogP contribution is -2.29. The van der Waals surface area contributed by atoms with Gasteiger partial charge in [0.1, 0.15) is 0 Å². The maximum Gasteiger partial charge on any atom is 0.358 e. The lowest BCUT2D eigenvalue weighted by atomic mass is 10.1. The van der Waals surface area contributed by atoms with Gasteiger partial charge in [0, 0.05) is 25.9 Å². The molecule has 0 unspecified atom stereocenters. The summed E-state index contributed by atoms with van der Waals surface area (Å²) in [7, 11) is 0. The largest absolute Gasteiger partial charge is 0.476 e. The third-order valence-corrected chi connectivity index (χ3v) is 4.63. The first kappa shape index (κ1) is 17.1. The van der Waals surface area contributed by atoms with Crippen LogP contribution in [0.3, 0.4) is 0 Å². The molecule has 1 saturated heterocycles. The zero-order valence-electron chi connectivity index (χ0n) is 12.4. The molecule has 0 amide bonds. The number of nitrogens with zero attached hydrogens (tertiary/aromatic N) is 3. The van der Waals surface area contributed by atoms with Gasteiger partial charge < -0.3 is 10.0 Å². The third kappa shape index (κ3) is 3.37. The molecule has 5 nitrogen and oxygen atoms in total. The Morgan fingerprint density at radius 3 is 2.38 bits per heavy atom. The maximum atomic E-state index is 13.6. The number of fused-ring (bicyclic) bond motifs is 1. The number of carboxylic acids is 1. The predicted molar refractivity (Wildman–Crippen MR) is 87.5 cm³/mol. The Bertz CT molecular complexity index is 817. The third-order valence-electron chi connectivity index (χ3n) is 3.91. The van der Waals surface area contributed by atoms with E-state index in [4.69, 9.17) is 23.2 Å². The highest BCUT2D eigenvalue weighted by Gasteiger charge is 2.33. The number of anilines is 1. The number of rotatable bonds is 2. The van der Waals surface area contributed by atoms with Crippen molar-refractivity contribution >= 4 is 46.0 Å². The van der Waals surface area contributed by atoms with Gasteiger partial charge in [-0.2, -0.15) is 0 Å². The first-order valence-electron chi connectivity index (χ1n) is 7.30. The molecule has 0 spiro atoms. The van der Waals surface area contributed by atoms with Crippen LogP contribution in [0.5, 0.6) is 0 Å². The lowest BCUT2D eigenvalue weighted by molar-refractivity contribution is -0.0102. The van der Waals surface area contributed by atoms with Crippen LogP contribution in [0.15, 0.2) is 12.1 Å². The van der Waals surface area contributed by atoms with Gasteiger partial charge in [0.2, 0.25) is 5.92 Å². The minimum atomic E-state index is -2.75. The molecule has 0 atom stereocenters. The van der Waals surface area contributed by atoms with Gasteiger partial charge >= 0.3 is 5.97 Å². The molecule has 1 N–H and O–H groups in total. The molecule has 2 heterocycles. The summed E-state index contributed by atoms with van der Waals surface area (Å²) >= 11 is 11.9. The van der Waals surface area contributed by atoms with Crippen molar-refractivity contribution < 1.29 is 18.7 Å². The number of hydrogen-bond donors (Lipinski definition) is 1. The first-order chi connectivity index (χ1) is 11.3. The molecule has 24 heavy (non-hydrogen) atoms. The molecule has 128 valence electrons. The molecular formula is C15H13Cl2F2N3O2. The van der Waals surface area contributed by atoms with E-state index in [1.165, 1.54) is 12.1 Å². The molecule has 1 aromatic heterocycles. The van der Waals surface area contributed by atoms with E-state index >= 15 is 0 Å². The topological polar surface area (TPSA) is 66.3 Å². The van der Waals surface area contributed by atoms with Gasteiger partial charge in [-0.05, 0) is 18.6 Å². The molecule has 3 rings (SSSR count). The van der Waals surface area contributed by atoms with E-state index in [2.05, 4.69) is 9.97 Å². The summed E-state index contributed by atoms with van der Waals surface area (Å²) in [5.41, 5.74) is 0.359. The highest BCUT2D eigenvalue weighted by Crippen LogP contribution is 2.32. The number of carboxylic acid groups (broad SMARTS) is 1. The van der Waals surface area contributed by atoms with Crippen LogP contribution in [-0.2, 0) is 0 Å². The highest BCUT2D eigenvalue weighted by atomic mass is 35.5. The second-order valence-electron chi connectivity index (χ2n) is 5.65. The van der Waals surface area contributed by atoms with Gasteiger partial charge in [0.25, 0.3) is 0 Å². The van der Waals surface area contributed by atoms with Crippen LogP contribution in [-0.4, -0.2) is 40.1 Å². The Morgan fingerprint density at radius 2 is 1.75 bits per heavy atom. The predicted octanol–water partition coefficient (Wildman–Crippen LogP) is 4.26. The zero-order chi connectivity index (χ0) is 17.5. The van der Waals surface area contributed by atoms with Crippen molar-refractivity contribution in [1.29, 1.82) is 0 Å². The minimum Gasteiger partial charge on any atom is -0.476 e. The minimum absolute atomic E-state index is 0.00872. The molecule has 1 aliphatic rings. The van der Waals surface area contributed by atoms with Crippen LogP contribution in [0.4, 0.5) is 14.6 Å². The summed E-state index contributed by atoms with van der Waals surface area (Å²) in [6, 6.07) is 2.91. The zero-order valence-corrected chi connectivity index (χ0v) is 13.9. The second kappa shape index (κ2) is 6.29. The molecule has 0 saturated carbocycles. The smallest absolute Gasteiger partial charge is 0.358 e. The van der Waals surface area contributed by atoms with Gasteiger partial charge in [-0.25, -0.2) is 23.5 Å². The molecule has 0 aliphatic carbocycles. The number of carbonyl (C=O) groups is 1. The number of halogens is 4. The van der Waals surface area contributed by atoms with Gasteiger partial charge in [0.15, 0.2) is 11.5 Å². The summed E-state index contributed by atoms with van der Waals surface area (Å²) in [4.78, 5) is 21.5. The highest BCUT2D eigenvalue weighted by molar-refractivity contribution is 6.42. The molecule has 9 heteroatoms. The maximum absolute atomic E-state index is 13.6. The average Bonchev–Trinajstić information content (AvgIpc) is 2.68. The summed E-state index contributed by atoms with van der Waals surface area (Å²) in [6.07, 6.45) is -0.339. The van der Waals surface area contributed by atoms with Crippen LogP contribution in [0.1, 0.15) is 29.8 Å². The van der Waals surface area contributed by atoms with Crippen molar-refractivity contribution in [2.24, 2.45) is 0 Å². The van der Waals surface area contributed by atoms with Crippen molar-refractivity contribution in [2.75, 3.05) is 18.0 Å². The van der Waals surface area contributed by atoms with E-state index in [1.54, 1.807) is 4.90 Å². The van der Waals surface area contributed by atoms with E-state index < -0.39 is 11.9 Å². The average molecular weight is 376 g/mol. The summed E-state index contributed by atoms with van der Waals surface area (Å²) in [6.45, 7) is 0.298. The number of aromatic carboxylic acids is 1. The van der Waals surface area contributed by atoms with Crippen LogP contribution < -0.4 is 4.90 Å². The fourth-order valence-electron chi connectivity index (χ4n) is 2.68. The van der Waals surface area contributed by atoms with E-state index in [1.807, 2.05) is 0 Å². The fraction of sp³-hybridized carbons (Fsp3) is 0.400. The standard InChI is InChI=1S/C15H13Cl2F2N3O2/c16-8-6-10-11(7-9(8)17)21-13(12(20-10)14(23)24)22-4-1-2-15(18,19)3-5-22/h6-7H,1-5H2,(H,23,24). The van der Waals surface area contributed by atoms with E-state index in [-0.39, 0.29) is 59.4 Å². The number of aromatic nitrogens is 2. The summed E-state index contributed by atoms with van der Waals surface area (Å²) in [5, 5.41) is 9.91. The van der Waals surface area contributed by atoms with Crippen LogP contribution in [0, 0.1) is 0 Å². The number of alkyl halides is 2. The number of benzene rings is 1. The van der Waals surface area contributed by atoms with Gasteiger partial charge in [-0.15, -0.1) is 0 Å². The first-order valence-corrected chi connectivity index (χ1v) is 8.05. The van der Waals surface area contributed by atoms with Crippen molar-refractivity contribution in [3.8, 4) is 0 Å². The Labute approximate surface area is 146 Å². The van der Waals surface area contributed by atoms with E-state index in [0.29, 0.717) is 5.52 Å². The Kier molecular flexibility index (Phi) is 4.48. The lowest BCUT2D eigenvalue weighted by Gasteiger charge is -2.23. The van der Waals surface area contributed by atoms with Crippen molar-refractivity contribution in [3.05, 3.63) is 27.9 Å². The molecular weight excluding hydrogens is 363 g/mol. The van der Waals surface area contributed by atoms with Crippen LogP contribution in [0.25, 0.3) is 11.0 Å². The SMILES string of the molecule is O=C(O)c1nc2cc(Cl)c(Cl)cc2nc1N1CCCC(F)(F)CC1. The van der Waals surface area contributed by atoms with Crippen LogP contribution >= 0.6 is 23.2 Å². The summed E-state index contributed by atoms with van der Waals surface area (Å²) < 4.78 is 27.1. The van der Waals surface area contributed by atoms with Crippen molar-refractivity contribution in [2.45, 2.75) is 25.2 Å². The molecule has 0 radical (unpaired) electrons. The van der Waals surface area contributed by atoms with Gasteiger partial charge in [0.05, 0.1) is 21.1 Å². The van der Waals surface area contributed by atoms with E-state index in [0.717, 1.165) is 0 Å². The Morgan fingerprint density at radius 1 is 1.12 bits per heavy atom. The quantitative estimate of drug-likeness (QED) is 0.849. The van der Waals surface area contributed by atoms with E-state index in [9.17, 15) is 18.7 Å². The molecule has 2 aromatic rings. The molecule has 0 bridgehead atoms.